The van der Waals surface area contributed by atoms with Crippen molar-refractivity contribution in [2.45, 2.75) is 25.7 Å². The number of aliphatic hydroxyl groups is 1. The highest BCUT2D eigenvalue weighted by Crippen LogP contribution is 2.23. The van der Waals surface area contributed by atoms with Gasteiger partial charge in [0.15, 0.2) is 5.78 Å². The molecule has 0 radical (unpaired) electrons. The molecule has 5 heteroatoms. The zero-order valence-electron chi connectivity index (χ0n) is 11.3. The van der Waals surface area contributed by atoms with Crippen molar-refractivity contribution in [3.8, 4) is 0 Å². The lowest BCUT2D eigenvalue weighted by Crippen LogP contribution is -2.36. The number of carbonyl (C=O) groups is 1. The van der Waals surface area contributed by atoms with Gasteiger partial charge in [-0.2, -0.15) is 0 Å². The van der Waals surface area contributed by atoms with Crippen LogP contribution in [-0.4, -0.2) is 48.5 Å². The van der Waals surface area contributed by atoms with Gasteiger partial charge in [-0.05, 0) is 36.5 Å². The molecule has 0 heterocycles. The average Bonchev–Trinajstić information content (AvgIpc) is 2.85. The summed E-state index contributed by atoms with van der Waals surface area (Å²) in [5, 5.41) is 8.86. The fourth-order valence-corrected chi connectivity index (χ4v) is 2.61. The fraction of sp³-hybridized carbons (Fsp3) is 0.533. The highest BCUT2D eigenvalue weighted by Gasteiger charge is 2.18. The molecule has 0 fully saturated rings. The monoisotopic (exact) mass is 283 g/mol. The molecule has 0 aliphatic heterocycles. The van der Waals surface area contributed by atoms with E-state index in [1.165, 1.54) is 16.0 Å². The molecule has 0 unspecified atom stereocenters. The van der Waals surface area contributed by atoms with E-state index in [2.05, 4.69) is 0 Å². The van der Waals surface area contributed by atoms with Crippen LogP contribution < -0.4 is 0 Å². The lowest BCUT2D eigenvalue weighted by Gasteiger charge is -2.20. The van der Waals surface area contributed by atoms with E-state index in [9.17, 15) is 13.6 Å². The van der Waals surface area contributed by atoms with Crippen molar-refractivity contribution in [2.75, 3.05) is 26.2 Å². The Bertz CT molecular complexity index is 477. The molecule has 0 aromatic heterocycles. The van der Waals surface area contributed by atoms with Crippen LogP contribution in [0.25, 0.3) is 0 Å². The van der Waals surface area contributed by atoms with Gasteiger partial charge in [-0.1, -0.05) is 12.1 Å². The summed E-state index contributed by atoms with van der Waals surface area (Å²) in [4.78, 5) is 13.4. The van der Waals surface area contributed by atoms with Crippen LogP contribution in [0.15, 0.2) is 18.2 Å². The minimum Gasteiger partial charge on any atom is -0.395 e. The first-order valence-corrected chi connectivity index (χ1v) is 6.86. The van der Waals surface area contributed by atoms with Crippen LogP contribution in [-0.2, 0) is 12.8 Å². The molecule has 3 nitrogen and oxygen atoms in total. The molecular weight excluding hydrogens is 264 g/mol. The summed E-state index contributed by atoms with van der Waals surface area (Å²) in [6.45, 7) is -0.716. The molecule has 20 heavy (non-hydrogen) atoms. The van der Waals surface area contributed by atoms with Crippen molar-refractivity contribution < 1.29 is 18.7 Å². The van der Waals surface area contributed by atoms with E-state index in [1.54, 1.807) is 6.07 Å². The third kappa shape index (κ3) is 3.84. The van der Waals surface area contributed by atoms with Crippen LogP contribution >= 0.6 is 0 Å². The Hall–Kier alpha value is -1.33. The smallest absolute Gasteiger partial charge is 0.251 e. The summed E-state index contributed by atoms with van der Waals surface area (Å²) in [6, 6.07) is 5.61. The number of carbonyl (C=O) groups excluding carboxylic acids is 1. The van der Waals surface area contributed by atoms with Crippen molar-refractivity contribution in [1.29, 1.82) is 0 Å². The lowest BCUT2D eigenvalue weighted by atomic mass is 10.0. The van der Waals surface area contributed by atoms with Crippen LogP contribution in [0.2, 0.25) is 0 Å². The molecule has 110 valence electrons. The number of hydrogen-bond acceptors (Lipinski definition) is 3. The second kappa shape index (κ2) is 6.90. The number of alkyl halides is 2. The Balaban J connectivity index is 2.02. The molecule has 1 aromatic rings. The molecule has 0 spiro atoms. The molecule has 0 bridgehead atoms. The Morgan fingerprint density at radius 3 is 2.75 bits per heavy atom. The number of benzene rings is 1. The molecular formula is C15H19F2NO2. The molecule has 1 aromatic carbocycles. The molecule has 0 saturated heterocycles. The van der Waals surface area contributed by atoms with E-state index >= 15 is 0 Å². The number of ketones is 1. The van der Waals surface area contributed by atoms with Gasteiger partial charge in [0.1, 0.15) is 0 Å². The minimum absolute atomic E-state index is 0.0797. The number of aryl methyl sites for hydroxylation is 2. The van der Waals surface area contributed by atoms with Crippen LogP contribution in [0.5, 0.6) is 0 Å². The first-order chi connectivity index (χ1) is 9.60. The third-order valence-electron chi connectivity index (χ3n) is 3.60. The van der Waals surface area contributed by atoms with E-state index in [-0.39, 0.29) is 25.5 Å². The van der Waals surface area contributed by atoms with Crippen LogP contribution in [0, 0.1) is 0 Å². The van der Waals surface area contributed by atoms with Gasteiger partial charge < -0.3 is 5.11 Å². The second-order valence-corrected chi connectivity index (χ2v) is 5.11. The molecule has 0 atom stereocenters. The highest BCUT2D eigenvalue weighted by molar-refractivity contribution is 5.97. The Morgan fingerprint density at radius 2 is 2.05 bits per heavy atom. The zero-order chi connectivity index (χ0) is 14.5. The molecule has 1 aliphatic carbocycles. The van der Waals surface area contributed by atoms with Crippen LogP contribution in [0.4, 0.5) is 8.78 Å². The summed E-state index contributed by atoms with van der Waals surface area (Å²) in [5.74, 6) is -0.172. The number of halogens is 2. The van der Waals surface area contributed by atoms with Crippen molar-refractivity contribution in [1.82, 2.24) is 4.90 Å². The SMILES string of the molecule is O=C(CN(CCO)CC(F)F)c1ccc2c(c1)CCC2. The summed E-state index contributed by atoms with van der Waals surface area (Å²) < 4.78 is 24.8. The Labute approximate surface area is 117 Å². The predicted molar refractivity (Wildman–Crippen MR) is 72.3 cm³/mol. The van der Waals surface area contributed by atoms with Gasteiger partial charge in [0, 0.05) is 12.1 Å². The standard InChI is InChI=1S/C15H19F2NO2/c16-15(17)10-18(6-7-19)9-14(20)13-5-4-11-2-1-3-12(11)8-13/h4-5,8,15,19H,1-3,6-7,9-10H2. The summed E-state index contributed by atoms with van der Waals surface area (Å²) in [6.07, 6.45) is 0.628. The number of rotatable bonds is 7. The maximum Gasteiger partial charge on any atom is 0.251 e. The van der Waals surface area contributed by atoms with E-state index in [0.29, 0.717) is 5.56 Å². The summed E-state index contributed by atoms with van der Waals surface area (Å²) in [7, 11) is 0. The van der Waals surface area contributed by atoms with E-state index in [0.717, 1.165) is 19.3 Å². The lowest BCUT2D eigenvalue weighted by molar-refractivity contribution is 0.0689. The van der Waals surface area contributed by atoms with Gasteiger partial charge in [0.25, 0.3) is 6.43 Å². The largest absolute Gasteiger partial charge is 0.395 e. The van der Waals surface area contributed by atoms with E-state index < -0.39 is 13.0 Å². The molecule has 1 N–H and O–H groups in total. The van der Waals surface area contributed by atoms with Crippen LogP contribution in [0.3, 0.4) is 0 Å². The van der Waals surface area contributed by atoms with Gasteiger partial charge in [-0.25, -0.2) is 8.78 Å². The number of Topliss-reactive ketones (excluding diaryl/α,β-unsaturated/α-hetero) is 1. The van der Waals surface area contributed by atoms with Gasteiger partial charge in [0.05, 0.1) is 19.7 Å². The van der Waals surface area contributed by atoms with Gasteiger partial charge in [0.2, 0.25) is 0 Å². The number of aliphatic hydroxyl groups excluding tert-OH is 1. The molecule has 2 rings (SSSR count). The predicted octanol–water partition coefficient (Wildman–Crippen LogP) is 1.92. The second-order valence-electron chi connectivity index (χ2n) is 5.11. The third-order valence-corrected chi connectivity index (χ3v) is 3.60. The minimum atomic E-state index is -2.51. The highest BCUT2D eigenvalue weighted by atomic mass is 19.3. The quantitative estimate of drug-likeness (QED) is 0.777. The summed E-state index contributed by atoms with van der Waals surface area (Å²) in [5.41, 5.74) is 3.04. The Kier molecular flexibility index (Phi) is 5.20. The number of nitrogens with zero attached hydrogens (tertiary/aromatic N) is 1. The van der Waals surface area contributed by atoms with Crippen molar-refractivity contribution in [2.24, 2.45) is 0 Å². The van der Waals surface area contributed by atoms with E-state index in [1.807, 2.05) is 12.1 Å². The van der Waals surface area contributed by atoms with E-state index in [4.69, 9.17) is 5.11 Å². The number of hydrogen-bond donors (Lipinski definition) is 1. The van der Waals surface area contributed by atoms with Crippen LogP contribution in [0.1, 0.15) is 27.9 Å². The van der Waals surface area contributed by atoms with Gasteiger partial charge in [-0.15, -0.1) is 0 Å². The average molecular weight is 283 g/mol. The Morgan fingerprint density at radius 1 is 1.30 bits per heavy atom. The fourth-order valence-electron chi connectivity index (χ4n) is 2.61. The van der Waals surface area contributed by atoms with Gasteiger partial charge >= 0.3 is 0 Å². The first kappa shape index (κ1) is 15.1. The zero-order valence-corrected chi connectivity index (χ0v) is 11.3. The topological polar surface area (TPSA) is 40.5 Å². The number of fused-ring (bicyclic) bond motifs is 1. The van der Waals surface area contributed by atoms with Crippen molar-refractivity contribution in [3.63, 3.8) is 0 Å². The first-order valence-electron chi connectivity index (χ1n) is 6.86. The van der Waals surface area contributed by atoms with Crippen molar-refractivity contribution in [3.05, 3.63) is 34.9 Å². The van der Waals surface area contributed by atoms with Gasteiger partial charge in [-0.3, -0.25) is 9.69 Å². The normalized spacial score (nSPS) is 14.1. The molecule has 0 amide bonds. The van der Waals surface area contributed by atoms with Crippen molar-refractivity contribution >= 4 is 5.78 Å². The summed E-state index contributed by atoms with van der Waals surface area (Å²) >= 11 is 0. The maximum atomic E-state index is 12.4. The molecule has 1 aliphatic rings. The maximum absolute atomic E-state index is 12.4. The molecule has 0 saturated carbocycles.